The Balaban J connectivity index is 1.42. The molecule has 0 aromatic heterocycles. The molecule has 1 unspecified atom stereocenters. The maximum Gasteiger partial charge on any atom is 0.407 e. The van der Waals surface area contributed by atoms with Gasteiger partial charge in [0.15, 0.2) is 0 Å². The van der Waals surface area contributed by atoms with Gasteiger partial charge in [0.2, 0.25) is 5.91 Å². The van der Waals surface area contributed by atoms with E-state index in [0.717, 1.165) is 11.1 Å². The lowest BCUT2D eigenvalue weighted by molar-refractivity contribution is -0.142. The summed E-state index contributed by atoms with van der Waals surface area (Å²) >= 11 is 0. The van der Waals surface area contributed by atoms with Gasteiger partial charge >= 0.3 is 12.1 Å². The number of hydrogen-bond acceptors (Lipinski definition) is 4. The highest BCUT2D eigenvalue weighted by Crippen LogP contribution is 2.44. The van der Waals surface area contributed by atoms with Gasteiger partial charge in [0.05, 0.1) is 0 Å². The van der Waals surface area contributed by atoms with Crippen LogP contribution in [0.1, 0.15) is 63.0 Å². The second-order valence-electron chi connectivity index (χ2n) is 8.51. The number of carboxylic acids is 1. The lowest BCUT2D eigenvalue weighted by atomic mass is 9.98. The average molecular weight is 453 g/mol. The van der Waals surface area contributed by atoms with Gasteiger partial charge in [-0.15, -0.1) is 0 Å². The Labute approximate surface area is 194 Å². The fourth-order valence-electron chi connectivity index (χ4n) is 4.29. The number of carbonyl (C=O) groups excluding carboxylic acids is 2. The predicted octanol–water partition coefficient (Wildman–Crippen LogP) is 4.45. The fraction of sp³-hybridized carbons (Fsp3) is 0.423. The largest absolute Gasteiger partial charge is 0.480 e. The van der Waals surface area contributed by atoms with Crippen molar-refractivity contribution in [2.45, 2.75) is 64.0 Å². The molecular formula is C26H32N2O5. The van der Waals surface area contributed by atoms with Crippen LogP contribution in [0.25, 0.3) is 11.1 Å². The summed E-state index contributed by atoms with van der Waals surface area (Å²) in [7, 11) is 0. The van der Waals surface area contributed by atoms with E-state index >= 15 is 0 Å². The third-order valence-corrected chi connectivity index (χ3v) is 5.96. The Morgan fingerprint density at radius 3 is 2.15 bits per heavy atom. The summed E-state index contributed by atoms with van der Waals surface area (Å²) in [4.78, 5) is 35.5. The van der Waals surface area contributed by atoms with Crippen LogP contribution in [-0.4, -0.2) is 41.8 Å². The van der Waals surface area contributed by atoms with Gasteiger partial charge in [0.1, 0.15) is 12.6 Å². The molecule has 3 rings (SSSR count). The van der Waals surface area contributed by atoms with Crippen LogP contribution < -0.4 is 10.6 Å². The van der Waals surface area contributed by atoms with Crippen LogP contribution in [0.2, 0.25) is 0 Å². The van der Waals surface area contributed by atoms with Crippen molar-refractivity contribution in [2.24, 2.45) is 0 Å². The summed E-state index contributed by atoms with van der Waals surface area (Å²) in [6.07, 6.45) is 1.93. The number of aliphatic carboxylic acids is 1. The topological polar surface area (TPSA) is 105 Å². The molecule has 0 fully saturated rings. The van der Waals surface area contributed by atoms with E-state index in [-0.39, 0.29) is 30.9 Å². The number of fused-ring (bicyclic) bond motifs is 3. The molecule has 7 heteroatoms. The molecule has 176 valence electrons. The maximum atomic E-state index is 12.3. The summed E-state index contributed by atoms with van der Waals surface area (Å²) in [5.41, 5.74) is 4.68. The number of hydrogen-bond donors (Lipinski definition) is 3. The second kappa shape index (κ2) is 11.5. The summed E-state index contributed by atoms with van der Waals surface area (Å²) in [6.45, 7) is 3.98. The number of carbonyl (C=O) groups is 3. The SMILES string of the molecule is CCC[C@H](NC(=O)CCCC(C)NC(=O)OCC1c2ccccc2-c2ccccc21)C(=O)O. The van der Waals surface area contributed by atoms with Gasteiger partial charge in [-0.25, -0.2) is 9.59 Å². The van der Waals surface area contributed by atoms with Crippen molar-refractivity contribution in [2.75, 3.05) is 6.61 Å². The zero-order valence-corrected chi connectivity index (χ0v) is 19.2. The van der Waals surface area contributed by atoms with E-state index in [0.29, 0.717) is 25.7 Å². The third kappa shape index (κ3) is 6.34. The number of alkyl carbamates (subject to hydrolysis) is 1. The Bertz CT molecular complexity index is 945. The molecule has 3 N–H and O–H groups in total. The zero-order chi connectivity index (χ0) is 23.8. The Kier molecular flexibility index (Phi) is 8.46. The highest BCUT2D eigenvalue weighted by molar-refractivity contribution is 5.83. The maximum absolute atomic E-state index is 12.3. The predicted molar refractivity (Wildman–Crippen MR) is 126 cm³/mol. The van der Waals surface area contributed by atoms with Crippen molar-refractivity contribution >= 4 is 18.0 Å². The van der Waals surface area contributed by atoms with Crippen LogP contribution in [0.5, 0.6) is 0 Å². The van der Waals surface area contributed by atoms with Gasteiger partial charge in [-0.1, -0.05) is 61.9 Å². The van der Waals surface area contributed by atoms with Gasteiger partial charge in [0, 0.05) is 18.4 Å². The molecule has 33 heavy (non-hydrogen) atoms. The van der Waals surface area contributed by atoms with Crippen LogP contribution in [0.15, 0.2) is 48.5 Å². The molecular weight excluding hydrogens is 420 g/mol. The van der Waals surface area contributed by atoms with E-state index in [4.69, 9.17) is 9.84 Å². The molecule has 0 aliphatic heterocycles. The van der Waals surface area contributed by atoms with Crippen LogP contribution in [0, 0.1) is 0 Å². The summed E-state index contributed by atoms with van der Waals surface area (Å²) in [6, 6.07) is 15.3. The van der Waals surface area contributed by atoms with Gasteiger partial charge in [-0.3, -0.25) is 4.79 Å². The van der Waals surface area contributed by atoms with E-state index in [1.807, 2.05) is 38.1 Å². The lowest BCUT2D eigenvalue weighted by Crippen LogP contribution is -2.40. The smallest absolute Gasteiger partial charge is 0.407 e. The molecule has 2 amide bonds. The fourth-order valence-corrected chi connectivity index (χ4v) is 4.29. The molecule has 2 atom stereocenters. The molecule has 2 aromatic carbocycles. The lowest BCUT2D eigenvalue weighted by Gasteiger charge is -2.17. The molecule has 0 saturated carbocycles. The Morgan fingerprint density at radius 2 is 1.58 bits per heavy atom. The number of amides is 2. The van der Waals surface area contributed by atoms with Gasteiger partial charge in [-0.2, -0.15) is 0 Å². The van der Waals surface area contributed by atoms with E-state index in [2.05, 4.69) is 34.9 Å². The number of benzene rings is 2. The Hall–Kier alpha value is -3.35. The summed E-state index contributed by atoms with van der Waals surface area (Å²) < 4.78 is 5.55. The highest BCUT2D eigenvalue weighted by Gasteiger charge is 2.29. The molecule has 1 aliphatic carbocycles. The molecule has 0 saturated heterocycles. The average Bonchev–Trinajstić information content (AvgIpc) is 3.11. The number of nitrogens with one attached hydrogen (secondary N) is 2. The first-order valence-electron chi connectivity index (χ1n) is 11.5. The normalized spacial score (nSPS) is 14.0. The van der Waals surface area contributed by atoms with Crippen LogP contribution >= 0.6 is 0 Å². The van der Waals surface area contributed by atoms with Crippen LogP contribution in [-0.2, 0) is 14.3 Å². The molecule has 1 aliphatic rings. The minimum atomic E-state index is -1.02. The molecule has 0 radical (unpaired) electrons. The quantitative estimate of drug-likeness (QED) is 0.467. The number of carboxylic acid groups (broad SMARTS) is 1. The van der Waals surface area contributed by atoms with E-state index < -0.39 is 18.1 Å². The highest BCUT2D eigenvalue weighted by atomic mass is 16.5. The van der Waals surface area contributed by atoms with Gasteiger partial charge in [0.25, 0.3) is 0 Å². The number of ether oxygens (including phenoxy) is 1. The number of rotatable bonds is 11. The van der Waals surface area contributed by atoms with Crippen molar-refractivity contribution < 1.29 is 24.2 Å². The van der Waals surface area contributed by atoms with Crippen molar-refractivity contribution in [3.8, 4) is 11.1 Å². The van der Waals surface area contributed by atoms with Gasteiger partial charge < -0.3 is 20.5 Å². The van der Waals surface area contributed by atoms with Crippen molar-refractivity contribution in [1.29, 1.82) is 0 Å². The summed E-state index contributed by atoms with van der Waals surface area (Å²) in [5.74, 6) is -1.30. The van der Waals surface area contributed by atoms with E-state index in [1.165, 1.54) is 11.1 Å². The zero-order valence-electron chi connectivity index (χ0n) is 19.2. The van der Waals surface area contributed by atoms with E-state index in [9.17, 15) is 14.4 Å². The van der Waals surface area contributed by atoms with Crippen LogP contribution in [0.4, 0.5) is 4.79 Å². The summed E-state index contributed by atoms with van der Waals surface area (Å²) in [5, 5.41) is 14.5. The minimum absolute atomic E-state index is 0.00690. The first-order chi connectivity index (χ1) is 15.9. The molecule has 7 nitrogen and oxygen atoms in total. The Morgan fingerprint density at radius 1 is 0.970 bits per heavy atom. The van der Waals surface area contributed by atoms with Crippen molar-refractivity contribution in [3.05, 3.63) is 59.7 Å². The van der Waals surface area contributed by atoms with E-state index in [1.54, 1.807) is 0 Å². The molecule has 2 aromatic rings. The first kappa shape index (κ1) is 24.3. The molecule has 0 heterocycles. The van der Waals surface area contributed by atoms with Crippen molar-refractivity contribution in [3.63, 3.8) is 0 Å². The minimum Gasteiger partial charge on any atom is -0.480 e. The van der Waals surface area contributed by atoms with Crippen molar-refractivity contribution in [1.82, 2.24) is 10.6 Å². The van der Waals surface area contributed by atoms with Crippen LogP contribution in [0.3, 0.4) is 0 Å². The first-order valence-corrected chi connectivity index (χ1v) is 11.5. The van der Waals surface area contributed by atoms with Gasteiger partial charge in [-0.05, 0) is 48.4 Å². The monoisotopic (exact) mass is 452 g/mol. The third-order valence-electron chi connectivity index (χ3n) is 5.96. The second-order valence-corrected chi connectivity index (χ2v) is 8.51. The standard InChI is InChI=1S/C26H32N2O5/c1-3-9-23(25(30)31)28-24(29)15-8-10-17(2)27-26(32)33-16-22-20-13-6-4-11-18(20)19-12-5-7-14-21(19)22/h4-7,11-14,17,22-23H,3,8-10,15-16H2,1-2H3,(H,27,32)(H,28,29)(H,30,31)/t17?,23-/m0/s1. The molecule has 0 bridgehead atoms. The molecule has 0 spiro atoms.